The first-order valence-electron chi connectivity index (χ1n) is 12.8. The third kappa shape index (κ3) is 5.96. The highest BCUT2D eigenvalue weighted by Gasteiger charge is 2.26. The van der Waals surface area contributed by atoms with Gasteiger partial charge in [-0.2, -0.15) is 0 Å². The zero-order chi connectivity index (χ0) is 28.0. The van der Waals surface area contributed by atoms with Crippen LogP contribution in [0.3, 0.4) is 0 Å². The van der Waals surface area contributed by atoms with E-state index in [2.05, 4.69) is 0 Å². The van der Waals surface area contributed by atoms with Gasteiger partial charge in [0.05, 0.1) is 10.6 Å². The molecule has 0 atom stereocenters. The zero-order valence-electron chi connectivity index (χ0n) is 21.6. The van der Waals surface area contributed by atoms with Gasteiger partial charge in [0.15, 0.2) is 0 Å². The molecule has 0 saturated carbocycles. The number of sulfonamides is 1. The van der Waals surface area contributed by atoms with Crippen molar-refractivity contribution in [3.63, 3.8) is 0 Å². The summed E-state index contributed by atoms with van der Waals surface area (Å²) in [5, 5.41) is 11.0. The van der Waals surface area contributed by atoms with E-state index in [4.69, 9.17) is 0 Å². The molecule has 0 spiro atoms. The van der Waals surface area contributed by atoms with Crippen molar-refractivity contribution in [1.82, 2.24) is 5.48 Å². The number of carbonyl (C=O) groups excluding carboxylic acids is 1. The molecule has 0 fully saturated rings. The van der Waals surface area contributed by atoms with Gasteiger partial charge in [-0.15, -0.1) is 0 Å². The van der Waals surface area contributed by atoms with Crippen LogP contribution in [-0.2, 0) is 21.2 Å². The Labute approximate surface area is 233 Å². The van der Waals surface area contributed by atoms with Gasteiger partial charge in [0.25, 0.3) is 15.9 Å². The molecule has 5 aromatic carbocycles. The van der Waals surface area contributed by atoms with E-state index >= 15 is 0 Å². The molecule has 1 amide bonds. The van der Waals surface area contributed by atoms with Gasteiger partial charge in [-0.1, -0.05) is 103 Å². The van der Waals surface area contributed by atoms with Gasteiger partial charge >= 0.3 is 0 Å². The number of fused-ring (bicyclic) bond motifs is 1. The average Bonchev–Trinajstić information content (AvgIpc) is 3.00. The molecule has 7 heteroatoms. The lowest BCUT2D eigenvalue weighted by atomic mass is 9.97. The Morgan fingerprint density at radius 3 is 2.10 bits per heavy atom. The number of nitrogens with one attached hydrogen (secondary N) is 1. The number of hydrogen-bond acceptors (Lipinski definition) is 4. The van der Waals surface area contributed by atoms with Gasteiger partial charge in [-0.25, -0.2) is 13.9 Å². The molecular weight excluding hydrogens is 520 g/mol. The topological polar surface area (TPSA) is 86.7 Å². The van der Waals surface area contributed by atoms with Gasteiger partial charge < -0.3 is 0 Å². The van der Waals surface area contributed by atoms with Gasteiger partial charge in [0.1, 0.15) is 0 Å². The molecule has 0 heterocycles. The van der Waals surface area contributed by atoms with Crippen molar-refractivity contribution in [3.05, 3.63) is 150 Å². The van der Waals surface area contributed by atoms with Crippen LogP contribution in [0.4, 0.5) is 5.69 Å². The zero-order valence-corrected chi connectivity index (χ0v) is 22.5. The van der Waals surface area contributed by atoms with Gasteiger partial charge in [0, 0.05) is 12.6 Å². The Balaban J connectivity index is 1.60. The Bertz CT molecular complexity index is 1770. The van der Waals surface area contributed by atoms with Crippen molar-refractivity contribution >= 4 is 38.0 Å². The summed E-state index contributed by atoms with van der Waals surface area (Å²) in [4.78, 5) is 12.4. The van der Waals surface area contributed by atoms with E-state index < -0.39 is 15.9 Å². The minimum absolute atomic E-state index is 0.197. The normalized spacial score (nSPS) is 11.8. The number of rotatable bonds is 9. The van der Waals surface area contributed by atoms with Gasteiger partial charge in [-0.3, -0.25) is 14.3 Å². The first-order valence-corrected chi connectivity index (χ1v) is 14.3. The van der Waals surface area contributed by atoms with Crippen molar-refractivity contribution in [1.29, 1.82) is 0 Å². The molecule has 0 saturated heterocycles. The number of nitrogens with zero attached hydrogens (tertiary/aromatic N) is 1. The van der Waals surface area contributed by atoms with E-state index in [0.29, 0.717) is 23.2 Å². The standard InChI is InChI=1S/C33H28N2O4S/c36-33(34-37)24-32(27-13-5-2-6-14-27)29-16-9-17-30(22-29)35(21-20-25-10-3-1-4-11-25)40(38,39)31-19-18-26-12-7-8-15-28(26)23-31/h1-19,22-24,37H,20-21H2,(H,34,36). The quantitative estimate of drug-likeness (QED) is 0.130. The summed E-state index contributed by atoms with van der Waals surface area (Å²) < 4.78 is 29.8. The largest absolute Gasteiger partial charge is 0.288 e. The smallest absolute Gasteiger partial charge is 0.267 e. The maximum atomic E-state index is 14.2. The molecule has 200 valence electrons. The van der Waals surface area contributed by atoms with E-state index in [9.17, 15) is 18.4 Å². The molecule has 0 aliphatic rings. The molecule has 0 aliphatic carbocycles. The summed E-state index contributed by atoms with van der Waals surface area (Å²) in [5.74, 6) is -0.686. The summed E-state index contributed by atoms with van der Waals surface area (Å²) in [7, 11) is -3.96. The van der Waals surface area contributed by atoms with E-state index in [0.717, 1.165) is 21.9 Å². The fourth-order valence-electron chi connectivity index (χ4n) is 4.66. The number of benzene rings is 5. The van der Waals surface area contributed by atoms with Crippen LogP contribution in [0.25, 0.3) is 16.3 Å². The monoisotopic (exact) mass is 548 g/mol. The molecule has 2 N–H and O–H groups in total. The van der Waals surface area contributed by atoms with Crippen molar-refractivity contribution < 1.29 is 18.4 Å². The molecule has 6 nitrogen and oxygen atoms in total. The second-order valence-electron chi connectivity index (χ2n) is 9.27. The lowest BCUT2D eigenvalue weighted by Crippen LogP contribution is -2.33. The van der Waals surface area contributed by atoms with Crippen LogP contribution in [0.1, 0.15) is 16.7 Å². The first kappa shape index (κ1) is 26.9. The number of hydrogen-bond donors (Lipinski definition) is 2. The Morgan fingerprint density at radius 1 is 0.725 bits per heavy atom. The Morgan fingerprint density at radius 2 is 1.38 bits per heavy atom. The number of carbonyl (C=O) groups is 1. The van der Waals surface area contributed by atoms with Gasteiger partial charge in [0.2, 0.25) is 0 Å². The van der Waals surface area contributed by atoms with Crippen molar-refractivity contribution in [2.45, 2.75) is 11.3 Å². The predicted molar refractivity (Wildman–Crippen MR) is 159 cm³/mol. The minimum Gasteiger partial charge on any atom is -0.288 e. The molecule has 0 bridgehead atoms. The Kier molecular flexibility index (Phi) is 8.05. The van der Waals surface area contributed by atoms with Crippen LogP contribution < -0.4 is 9.79 Å². The average molecular weight is 549 g/mol. The highest BCUT2D eigenvalue weighted by Crippen LogP contribution is 2.31. The molecule has 0 radical (unpaired) electrons. The molecule has 5 rings (SSSR count). The second-order valence-corrected chi connectivity index (χ2v) is 11.1. The summed E-state index contributed by atoms with van der Waals surface area (Å²) in [6.45, 7) is 0.212. The second kappa shape index (κ2) is 12.0. The summed E-state index contributed by atoms with van der Waals surface area (Å²) in [5.41, 5.74) is 5.05. The molecule has 0 unspecified atom stereocenters. The highest BCUT2D eigenvalue weighted by atomic mass is 32.2. The van der Waals surface area contributed by atoms with E-state index in [-0.39, 0.29) is 11.4 Å². The fraction of sp³-hybridized carbons (Fsp3) is 0.0606. The third-order valence-corrected chi connectivity index (χ3v) is 8.49. The lowest BCUT2D eigenvalue weighted by molar-refractivity contribution is -0.124. The van der Waals surface area contributed by atoms with Crippen LogP contribution in [0.2, 0.25) is 0 Å². The summed E-state index contributed by atoms with van der Waals surface area (Å²) >= 11 is 0. The molecular formula is C33H28N2O4S. The summed E-state index contributed by atoms with van der Waals surface area (Å²) in [6, 6.07) is 38.9. The summed E-state index contributed by atoms with van der Waals surface area (Å²) in [6.07, 6.45) is 1.80. The van der Waals surface area contributed by atoms with Crippen molar-refractivity contribution in [3.8, 4) is 0 Å². The van der Waals surface area contributed by atoms with Crippen LogP contribution >= 0.6 is 0 Å². The SMILES string of the molecule is O=C(C=C(c1ccccc1)c1cccc(N(CCc2ccccc2)S(=O)(=O)c2ccc3ccccc3c2)c1)NO. The molecule has 5 aromatic rings. The molecule has 0 aliphatic heterocycles. The highest BCUT2D eigenvalue weighted by molar-refractivity contribution is 7.92. The predicted octanol–water partition coefficient (Wildman–Crippen LogP) is 6.21. The number of amides is 1. The Hall–Kier alpha value is -4.72. The lowest BCUT2D eigenvalue weighted by Gasteiger charge is -2.26. The number of hydroxylamine groups is 1. The van der Waals surface area contributed by atoms with Crippen LogP contribution in [0.15, 0.2) is 138 Å². The fourth-order valence-corrected chi connectivity index (χ4v) is 6.15. The van der Waals surface area contributed by atoms with Crippen LogP contribution in [0, 0.1) is 0 Å². The third-order valence-electron chi connectivity index (χ3n) is 6.67. The van der Waals surface area contributed by atoms with Crippen molar-refractivity contribution in [2.75, 3.05) is 10.8 Å². The van der Waals surface area contributed by atoms with Crippen molar-refractivity contribution in [2.24, 2.45) is 0 Å². The van der Waals surface area contributed by atoms with E-state index in [1.807, 2.05) is 97.1 Å². The van der Waals surface area contributed by atoms with Crippen LogP contribution in [-0.4, -0.2) is 26.1 Å². The van der Waals surface area contributed by atoms with E-state index in [1.165, 1.54) is 10.4 Å². The molecule has 40 heavy (non-hydrogen) atoms. The maximum absolute atomic E-state index is 14.2. The molecule has 0 aromatic heterocycles. The first-order chi connectivity index (χ1) is 19.5. The minimum atomic E-state index is -3.96. The van der Waals surface area contributed by atoms with E-state index in [1.54, 1.807) is 35.8 Å². The maximum Gasteiger partial charge on any atom is 0.267 e. The van der Waals surface area contributed by atoms with Crippen LogP contribution in [0.5, 0.6) is 0 Å². The number of anilines is 1. The van der Waals surface area contributed by atoms with Gasteiger partial charge in [-0.05, 0) is 63.7 Å².